The fourth-order valence-electron chi connectivity index (χ4n) is 4.12. The number of piperidine rings is 1. The van der Waals surface area contributed by atoms with Gasteiger partial charge in [-0.15, -0.1) is 0 Å². The van der Waals surface area contributed by atoms with Gasteiger partial charge in [-0.25, -0.2) is 0 Å². The van der Waals surface area contributed by atoms with Crippen molar-refractivity contribution in [2.24, 2.45) is 11.1 Å². The monoisotopic (exact) mass is 332 g/mol. The van der Waals surface area contributed by atoms with Crippen molar-refractivity contribution in [2.75, 3.05) is 27.3 Å². The Morgan fingerprint density at radius 1 is 1.25 bits per heavy atom. The summed E-state index contributed by atoms with van der Waals surface area (Å²) in [6.45, 7) is 4.24. The highest BCUT2D eigenvalue weighted by Crippen LogP contribution is 2.42. The Kier molecular flexibility index (Phi) is 5.29. The maximum atomic E-state index is 9.51. The normalized spacial score (nSPS) is 25.2. The number of methoxy groups -OCH3 is 2. The average Bonchev–Trinajstić information content (AvgIpc) is 2.63. The molecule has 5 nitrogen and oxygen atoms in total. The van der Waals surface area contributed by atoms with Crippen molar-refractivity contribution in [2.45, 2.75) is 45.1 Å². The highest BCUT2D eigenvalue weighted by molar-refractivity contribution is 5.88. The average molecular weight is 332 g/mol. The van der Waals surface area contributed by atoms with E-state index in [4.69, 9.17) is 9.47 Å². The third-order valence-corrected chi connectivity index (χ3v) is 5.48. The minimum atomic E-state index is 0.275. The fourth-order valence-corrected chi connectivity index (χ4v) is 4.12. The van der Waals surface area contributed by atoms with Crippen LogP contribution in [0.1, 0.15) is 49.8 Å². The molecule has 0 saturated carbocycles. The lowest BCUT2D eigenvalue weighted by molar-refractivity contribution is 0.147. The lowest BCUT2D eigenvalue weighted by Gasteiger charge is -2.44. The zero-order chi connectivity index (χ0) is 17.1. The summed E-state index contributed by atoms with van der Waals surface area (Å²) in [5.74, 6) is 1.94. The lowest BCUT2D eigenvalue weighted by atomic mass is 9.80. The van der Waals surface area contributed by atoms with Crippen molar-refractivity contribution in [1.29, 1.82) is 0 Å². The van der Waals surface area contributed by atoms with Gasteiger partial charge >= 0.3 is 0 Å². The van der Waals surface area contributed by atoms with Crippen molar-refractivity contribution in [1.82, 2.24) is 4.90 Å². The summed E-state index contributed by atoms with van der Waals surface area (Å²) in [6, 6.07) is 4.48. The second-order valence-electron chi connectivity index (χ2n) is 6.80. The first-order valence-corrected chi connectivity index (χ1v) is 8.91. The van der Waals surface area contributed by atoms with E-state index in [-0.39, 0.29) is 6.04 Å². The van der Waals surface area contributed by atoms with E-state index in [2.05, 4.69) is 29.1 Å². The third kappa shape index (κ3) is 3.09. The van der Waals surface area contributed by atoms with Crippen molar-refractivity contribution < 1.29 is 14.7 Å². The number of ether oxygens (including phenoxy) is 2. The van der Waals surface area contributed by atoms with Gasteiger partial charge in [-0.1, -0.05) is 24.9 Å². The second-order valence-corrected chi connectivity index (χ2v) is 6.80. The van der Waals surface area contributed by atoms with Gasteiger partial charge < -0.3 is 14.7 Å². The number of unbranched alkanes of at least 4 members (excludes halogenated alkanes) is 1. The van der Waals surface area contributed by atoms with Crippen molar-refractivity contribution in [3.8, 4) is 11.5 Å². The standard InChI is InChI=1S/C19H28N2O3/c1-4-5-6-14-12-21-8-7-13-9-18(23-2)19(24-3)10-15(13)17(21)11-16(14)20-22/h9-10,14,17,22H,4-8,11-12H2,1-3H3/b20-16-/t14-,17?/m1/s1. The molecule has 0 bridgehead atoms. The maximum absolute atomic E-state index is 9.51. The quantitative estimate of drug-likeness (QED) is 0.661. The van der Waals surface area contributed by atoms with Crippen LogP contribution in [-0.4, -0.2) is 43.1 Å². The first-order valence-electron chi connectivity index (χ1n) is 8.91. The number of oxime groups is 1. The highest BCUT2D eigenvalue weighted by Gasteiger charge is 2.37. The molecule has 0 spiro atoms. The Bertz CT molecular complexity index is 615. The van der Waals surface area contributed by atoms with Crippen LogP contribution in [0.2, 0.25) is 0 Å². The topological polar surface area (TPSA) is 54.3 Å². The number of nitrogens with zero attached hydrogens (tertiary/aromatic N) is 2. The van der Waals surface area contributed by atoms with Crippen LogP contribution in [0.4, 0.5) is 0 Å². The van der Waals surface area contributed by atoms with Gasteiger partial charge in [0.25, 0.3) is 0 Å². The minimum Gasteiger partial charge on any atom is -0.493 e. The fraction of sp³-hybridized carbons (Fsp3) is 0.632. The molecule has 3 rings (SSSR count). The molecule has 2 atom stereocenters. The van der Waals surface area contributed by atoms with Gasteiger partial charge in [0.1, 0.15) is 0 Å². The number of hydrogen-bond acceptors (Lipinski definition) is 5. The van der Waals surface area contributed by atoms with Crippen LogP contribution < -0.4 is 9.47 Å². The predicted octanol–water partition coefficient (Wildman–Crippen LogP) is 3.64. The first kappa shape index (κ1) is 17.1. The maximum Gasteiger partial charge on any atom is 0.161 e. The van der Waals surface area contributed by atoms with E-state index in [0.717, 1.165) is 49.6 Å². The summed E-state index contributed by atoms with van der Waals surface area (Å²) in [7, 11) is 3.35. The van der Waals surface area contributed by atoms with Crippen LogP contribution in [0, 0.1) is 5.92 Å². The molecule has 1 saturated heterocycles. The number of fused-ring (bicyclic) bond motifs is 3. The Morgan fingerprint density at radius 3 is 2.67 bits per heavy atom. The summed E-state index contributed by atoms with van der Waals surface area (Å²) in [4.78, 5) is 2.54. The van der Waals surface area contributed by atoms with Gasteiger partial charge in [0, 0.05) is 31.5 Å². The van der Waals surface area contributed by atoms with E-state index >= 15 is 0 Å². The van der Waals surface area contributed by atoms with E-state index < -0.39 is 0 Å². The van der Waals surface area contributed by atoms with Crippen LogP contribution in [-0.2, 0) is 6.42 Å². The molecule has 5 heteroatoms. The third-order valence-electron chi connectivity index (χ3n) is 5.48. The molecular weight excluding hydrogens is 304 g/mol. The van der Waals surface area contributed by atoms with Crippen LogP contribution >= 0.6 is 0 Å². The number of benzene rings is 1. The molecule has 2 aliphatic heterocycles. The summed E-state index contributed by atoms with van der Waals surface area (Å²) in [5, 5.41) is 13.2. The second kappa shape index (κ2) is 7.43. The molecule has 24 heavy (non-hydrogen) atoms. The Balaban J connectivity index is 1.89. The molecule has 132 valence electrons. The van der Waals surface area contributed by atoms with Gasteiger partial charge in [0.15, 0.2) is 11.5 Å². The van der Waals surface area contributed by atoms with E-state index in [9.17, 15) is 5.21 Å². The van der Waals surface area contributed by atoms with Crippen LogP contribution in [0.5, 0.6) is 11.5 Å². The highest BCUT2D eigenvalue weighted by atomic mass is 16.5. The summed E-state index contributed by atoms with van der Waals surface area (Å²) < 4.78 is 10.9. The predicted molar refractivity (Wildman–Crippen MR) is 94.4 cm³/mol. The molecule has 1 aromatic rings. The minimum absolute atomic E-state index is 0.275. The number of hydrogen-bond donors (Lipinski definition) is 1. The molecule has 0 aliphatic carbocycles. The molecule has 0 aromatic heterocycles. The van der Waals surface area contributed by atoms with Crippen molar-refractivity contribution in [3.05, 3.63) is 23.3 Å². The zero-order valence-electron chi connectivity index (χ0n) is 14.9. The Hall–Kier alpha value is -1.75. The van der Waals surface area contributed by atoms with Crippen molar-refractivity contribution in [3.63, 3.8) is 0 Å². The van der Waals surface area contributed by atoms with Crippen LogP contribution in [0.15, 0.2) is 17.3 Å². The van der Waals surface area contributed by atoms with E-state index in [0.29, 0.717) is 5.92 Å². The largest absolute Gasteiger partial charge is 0.493 e. The van der Waals surface area contributed by atoms with E-state index in [1.54, 1.807) is 14.2 Å². The molecule has 0 radical (unpaired) electrons. The van der Waals surface area contributed by atoms with Gasteiger partial charge in [0.2, 0.25) is 0 Å². The first-order chi connectivity index (χ1) is 11.7. The van der Waals surface area contributed by atoms with Crippen LogP contribution in [0.3, 0.4) is 0 Å². The molecule has 2 aliphatic rings. The molecule has 1 N–H and O–H groups in total. The van der Waals surface area contributed by atoms with Crippen LogP contribution in [0.25, 0.3) is 0 Å². The Labute approximate surface area is 144 Å². The van der Waals surface area contributed by atoms with Gasteiger partial charge in [0.05, 0.1) is 19.9 Å². The van der Waals surface area contributed by atoms with Gasteiger partial charge in [-0.05, 0) is 36.1 Å². The summed E-state index contributed by atoms with van der Waals surface area (Å²) >= 11 is 0. The number of rotatable bonds is 5. The summed E-state index contributed by atoms with van der Waals surface area (Å²) in [5.41, 5.74) is 3.56. The molecule has 1 fully saturated rings. The van der Waals surface area contributed by atoms with E-state index in [1.807, 2.05) is 0 Å². The SMILES string of the molecule is CCCC[C@@H]1CN2CCc3cc(OC)c(OC)cc3C2C/C1=N/O. The van der Waals surface area contributed by atoms with Crippen molar-refractivity contribution >= 4 is 5.71 Å². The zero-order valence-corrected chi connectivity index (χ0v) is 14.9. The summed E-state index contributed by atoms with van der Waals surface area (Å²) in [6.07, 6.45) is 5.30. The molecule has 1 unspecified atom stereocenters. The molecule has 2 heterocycles. The van der Waals surface area contributed by atoms with Gasteiger partial charge in [-0.2, -0.15) is 0 Å². The lowest BCUT2D eigenvalue weighted by Crippen LogP contribution is -2.46. The molecule has 0 amide bonds. The smallest absolute Gasteiger partial charge is 0.161 e. The Morgan fingerprint density at radius 2 is 2.00 bits per heavy atom. The van der Waals surface area contributed by atoms with Gasteiger partial charge in [-0.3, -0.25) is 4.90 Å². The molecular formula is C19H28N2O3. The molecule has 1 aromatic carbocycles. The van der Waals surface area contributed by atoms with E-state index in [1.165, 1.54) is 24.0 Å².